The fourth-order valence-corrected chi connectivity index (χ4v) is 5.30. The molecule has 0 spiro atoms. The van der Waals surface area contributed by atoms with Gasteiger partial charge in [-0.2, -0.15) is 5.26 Å². The second-order valence-corrected chi connectivity index (χ2v) is 11.3. The molecular weight excluding hydrogens is 414 g/mol. The second kappa shape index (κ2) is 8.47. The molecular formula is C26H37N5O2. The molecule has 178 valence electrons. The average molecular weight is 452 g/mol. The molecule has 1 aromatic heterocycles. The van der Waals surface area contributed by atoms with Crippen molar-refractivity contribution in [3.8, 4) is 6.07 Å². The number of pyridine rings is 1. The van der Waals surface area contributed by atoms with Crippen LogP contribution in [0.2, 0.25) is 0 Å². The third-order valence-electron chi connectivity index (χ3n) is 7.70. The summed E-state index contributed by atoms with van der Waals surface area (Å²) in [7, 11) is 0. The van der Waals surface area contributed by atoms with E-state index >= 15 is 0 Å². The van der Waals surface area contributed by atoms with Crippen LogP contribution in [0.25, 0.3) is 0 Å². The van der Waals surface area contributed by atoms with Crippen LogP contribution >= 0.6 is 0 Å². The van der Waals surface area contributed by atoms with Crippen LogP contribution in [0, 0.1) is 23.2 Å². The number of ether oxygens (including phenoxy) is 1. The predicted octanol–water partition coefficient (Wildman–Crippen LogP) is 3.95. The van der Waals surface area contributed by atoms with Crippen LogP contribution in [0.3, 0.4) is 0 Å². The van der Waals surface area contributed by atoms with Gasteiger partial charge in [-0.3, -0.25) is 0 Å². The first kappa shape index (κ1) is 22.5. The van der Waals surface area contributed by atoms with E-state index in [9.17, 15) is 10.1 Å². The number of urea groups is 1. The Morgan fingerprint density at radius 2 is 2.00 bits per heavy atom. The van der Waals surface area contributed by atoms with Crippen molar-refractivity contribution < 1.29 is 9.53 Å². The first-order chi connectivity index (χ1) is 15.8. The van der Waals surface area contributed by atoms with Crippen LogP contribution < -0.4 is 10.2 Å². The van der Waals surface area contributed by atoms with Crippen LogP contribution in [-0.2, 0) is 17.8 Å². The molecule has 4 aliphatic rings. The Labute approximate surface area is 197 Å². The van der Waals surface area contributed by atoms with Gasteiger partial charge in [0.1, 0.15) is 11.9 Å². The number of piperazine rings is 1. The van der Waals surface area contributed by atoms with Crippen molar-refractivity contribution in [2.75, 3.05) is 31.1 Å². The Bertz CT molecular complexity index is 974. The van der Waals surface area contributed by atoms with Gasteiger partial charge in [0.25, 0.3) is 0 Å². The summed E-state index contributed by atoms with van der Waals surface area (Å²) in [6, 6.07) is 2.65. The standard InChI is InChI=1S/C26H37N5O2/c1-16(2)22-14-30(9-10-31(22)25(32)28-13-17-5-6-17)24-20(12-27)19-11-26(3,4)33-15-21(19)23(29-24)18-7-8-18/h16-18,22H,5-11,13-15H2,1-4H3,(H,28,32). The monoisotopic (exact) mass is 451 g/mol. The lowest BCUT2D eigenvalue weighted by Crippen LogP contribution is -2.59. The summed E-state index contributed by atoms with van der Waals surface area (Å²) in [6.07, 6.45) is 5.52. The van der Waals surface area contributed by atoms with Gasteiger partial charge >= 0.3 is 6.03 Å². The second-order valence-electron chi connectivity index (χ2n) is 11.3. The third-order valence-corrected chi connectivity index (χ3v) is 7.70. The van der Waals surface area contributed by atoms with E-state index in [0.717, 1.165) is 48.4 Å². The molecule has 1 unspecified atom stereocenters. The molecule has 1 N–H and O–H groups in total. The van der Waals surface area contributed by atoms with E-state index in [0.29, 0.717) is 49.6 Å². The largest absolute Gasteiger partial charge is 0.370 e. The number of hydrogen-bond acceptors (Lipinski definition) is 5. The van der Waals surface area contributed by atoms with Gasteiger partial charge in [0, 0.05) is 44.1 Å². The molecule has 3 fully saturated rings. The number of nitrogens with zero attached hydrogens (tertiary/aromatic N) is 4. The van der Waals surface area contributed by atoms with Crippen molar-refractivity contribution in [1.29, 1.82) is 5.26 Å². The number of aromatic nitrogens is 1. The maximum atomic E-state index is 12.9. The topological polar surface area (TPSA) is 81.5 Å². The lowest BCUT2D eigenvalue weighted by Gasteiger charge is -2.44. The summed E-state index contributed by atoms with van der Waals surface area (Å²) < 4.78 is 6.11. The maximum Gasteiger partial charge on any atom is 0.317 e. The van der Waals surface area contributed by atoms with Gasteiger partial charge in [-0.1, -0.05) is 13.8 Å². The molecule has 3 heterocycles. The van der Waals surface area contributed by atoms with Crippen LogP contribution in [0.5, 0.6) is 0 Å². The lowest BCUT2D eigenvalue weighted by molar-refractivity contribution is -0.0407. The first-order valence-corrected chi connectivity index (χ1v) is 12.7. The summed E-state index contributed by atoms with van der Waals surface area (Å²) in [5.41, 5.74) is 3.85. The number of hydrogen-bond donors (Lipinski definition) is 1. The highest BCUT2D eigenvalue weighted by atomic mass is 16.5. The molecule has 1 aromatic rings. The van der Waals surface area contributed by atoms with E-state index in [2.05, 4.69) is 44.0 Å². The SMILES string of the molecule is CC(C)C1CN(c2nc(C3CC3)c3c(c2C#N)CC(C)(C)OC3)CCN1C(=O)NCC1CC1. The average Bonchev–Trinajstić information content (AvgIpc) is 3.69. The third kappa shape index (κ3) is 4.55. The minimum absolute atomic E-state index is 0.0525. The Kier molecular flexibility index (Phi) is 5.76. The Hall–Kier alpha value is -2.33. The number of nitrogens with one attached hydrogen (secondary N) is 1. The molecule has 2 aliphatic heterocycles. The summed E-state index contributed by atoms with van der Waals surface area (Å²) in [6.45, 7) is 11.9. The van der Waals surface area contributed by atoms with Crippen molar-refractivity contribution in [2.24, 2.45) is 11.8 Å². The molecule has 0 bridgehead atoms. The molecule has 1 saturated heterocycles. The van der Waals surface area contributed by atoms with E-state index in [1.54, 1.807) is 0 Å². The number of amides is 2. The van der Waals surface area contributed by atoms with Crippen LogP contribution in [0.4, 0.5) is 10.6 Å². The van der Waals surface area contributed by atoms with Crippen molar-refractivity contribution in [1.82, 2.24) is 15.2 Å². The van der Waals surface area contributed by atoms with Gasteiger partial charge < -0.3 is 19.9 Å². The number of carbonyl (C=O) groups excluding carboxylic acids is 1. The highest BCUT2D eigenvalue weighted by Gasteiger charge is 2.39. The zero-order valence-corrected chi connectivity index (χ0v) is 20.5. The van der Waals surface area contributed by atoms with Gasteiger partial charge in [-0.25, -0.2) is 9.78 Å². The van der Waals surface area contributed by atoms with Gasteiger partial charge in [-0.05, 0) is 56.9 Å². The molecule has 2 amide bonds. The number of fused-ring (bicyclic) bond motifs is 1. The lowest BCUT2D eigenvalue weighted by atomic mass is 9.87. The molecule has 5 rings (SSSR count). The molecule has 7 heteroatoms. The fraction of sp³-hybridized carbons (Fsp3) is 0.731. The molecule has 1 atom stereocenters. The van der Waals surface area contributed by atoms with Crippen LogP contribution in [0.15, 0.2) is 0 Å². The summed E-state index contributed by atoms with van der Waals surface area (Å²) in [5, 5.41) is 13.4. The normalized spacial score (nSPS) is 24.4. The highest BCUT2D eigenvalue weighted by molar-refractivity contribution is 5.75. The van der Waals surface area contributed by atoms with Crippen molar-refractivity contribution in [2.45, 2.75) is 84.0 Å². The van der Waals surface area contributed by atoms with E-state index in [4.69, 9.17) is 9.72 Å². The quantitative estimate of drug-likeness (QED) is 0.733. The minimum atomic E-state index is -0.281. The maximum absolute atomic E-state index is 12.9. The first-order valence-electron chi connectivity index (χ1n) is 12.7. The highest BCUT2D eigenvalue weighted by Crippen LogP contribution is 2.46. The smallest absolute Gasteiger partial charge is 0.317 e. The molecule has 33 heavy (non-hydrogen) atoms. The molecule has 2 saturated carbocycles. The van der Waals surface area contributed by atoms with Gasteiger partial charge in [0.15, 0.2) is 0 Å². The van der Waals surface area contributed by atoms with Gasteiger partial charge in [-0.15, -0.1) is 0 Å². The number of anilines is 1. The Morgan fingerprint density at radius 1 is 1.24 bits per heavy atom. The van der Waals surface area contributed by atoms with E-state index in [1.807, 2.05) is 4.90 Å². The summed E-state index contributed by atoms with van der Waals surface area (Å²) in [4.78, 5) is 22.3. The Balaban J connectivity index is 1.44. The molecule has 2 aliphatic carbocycles. The number of carbonyl (C=O) groups is 1. The summed E-state index contributed by atoms with van der Waals surface area (Å²) >= 11 is 0. The van der Waals surface area contributed by atoms with Crippen molar-refractivity contribution in [3.63, 3.8) is 0 Å². The van der Waals surface area contributed by atoms with Gasteiger partial charge in [0.2, 0.25) is 0 Å². The Morgan fingerprint density at radius 3 is 2.64 bits per heavy atom. The molecule has 0 aromatic carbocycles. The van der Waals surface area contributed by atoms with Crippen molar-refractivity contribution in [3.05, 3.63) is 22.4 Å². The summed E-state index contributed by atoms with van der Waals surface area (Å²) in [5.74, 6) is 2.29. The predicted molar refractivity (Wildman–Crippen MR) is 127 cm³/mol. The van der Waals surface area contributed by atoms with Gasteiger partial charge in [0.05, 0.1) is 29.5 Å². The van der Waals surface area contributed by atoms with E-state index < -0.39 is 0 Å². The van der Waals surface area contributed by atoms with Crippen LogP contribution in [0.1, 0.15) is 81.7 Å². The zero-order valence-electron chi connectivity index (χ0n) is 20.5. The molecule has 0 radical (unpaired) electrons. The zero-order chi connectivity index (χ0) is 23.3. The number of rotatable bonds is 5. The van der Waals surface area contributed by atoms with Crippen molar-refractivity contribution >= 4 is 11.8 Å². The fourth-order valence-electron chi connectivity index (χ4n) is 5.30. The van der Waals surface area contributed by atoms with Crippen LogP contribution in [-0.4, -0.2) is 53.7 Å². The molecule has 7 nitrogen and oxygen atoms in total. The minimum Gasteiger partial charge on any atom is -0.370 e. The van der Waals surface area contributed by atoms with E-state index in [-0.39, 0.29) is 17.7 Å². The number of nitriles is 1. The van der Waals surface area contributed by atoms with E-state index in [1.165, 1.54) is 12.8 Å².